The predicted molar refractivity (Wildman–Crippen MR) is 138 cm³/mol. The average Bonchev–Trinajstić information content (AvgIpc) is 2.85. The number of benzene rings is 3. The molecule has 0 aliphatic heterocycles. The second kappa shape index (κ2) is 11.7. The van der Waals surface area contributed by atoms with E-state index in [1.807, 2.05) is 0 Å². The molecule has 0 saturated heterocycles. The van der Waals surface area contributed by atoms with Crippen molar-refractivity contribution in [2.45, 2.75) is 24.4 Å². The summed E-state index contributed by atoms with van der Waals surface area (Å²) in [6.07, 6.45) is 0. The monoisotopic (exact) mass is 551 g/mol. The second-order valence-corrected chi connectivity index (χ2v) is 10.6. The number of carbonyl (C=O) groups is 2. The van der Waals surface area contributed by atoms with Gasteiger partial charge < -0.3 is 10.2 Å². The Hall–Kier alpha value is -3.14. The molecule has 0 bridgehead atoms. The second-order valence-electron chi connectivity index (χ2n) is 7.85. The number of likely N-dealkylation sites (N-methyl/N-ethyl adjacent to an activating group) is 1. The Balaban J connectivity index is 2.05. The number of anilines is 1. The van der Waals surface area contributed by atoms with Crippen LogP contribution in [0.3, 0.4) is 0 Å². The van der Waals surface area contributed by atoms with Crippen molar-refractivity contribution < 1.29 is 22.4 Å². The molecule has 0 heterocycles. The van der Waals surface area contributed by atoms with Crippen molar-refractivity contribution in [1.82, 2.24) is 10.2 Å². The highest BCUT2D eigenvalue weighted by Gasteiger charge is 2.32. The topological polar surface area (TPSA) is 86.8 Å². The van der Waals surface area contributed by atoms with Gasteiger partial charge in [-0.05, 0) is 55.5 Å². The van der Waals surface area contributed by atoms with E-state index in [1.54, 1.807) is 18.2 Å². The molecule has 7 nitrogen and oxygen atoms in total. The third kappa shape index (κ3) is 6.34. The van der Waals surface area contributed by atoms with E-state index in [9.17, 15) is 22.4 Å². The Bertz CT molecular complexity index is 1350. The molecule has 11 heteroatoms. The first kappa shape index (κ1) is 27.4. The smallest absolute Gasteiger partial charge is 0.264 e. The van der Waals surface area contributed by atoms with Gasteiger partial charge in [-0.3, -0.25) is 13.9 Å². The number of carbonyl (C=O) groups excluding carboxylic acids is 2. The molecule has 190 valence electrons. The molecular formula is C25H24Cl2FN3O4S. The van der Waals surface area contributed by atoms with Crippen LogP contribution in [0, 0.1) is 5.82 Å². The first-order valence-electron chi connectivity index (χ1n) is 10.8. The molecule has 0 saturated carbocycles. The molecule has 1 atom stereocenters. The van der Waals surface area contributed by atoms with Crippen molar-refractivity contribution in [3.8, 4) is 0 Å². The van der Waals surface area contributed by atoms with Crippen molar-refractivity contribution >= 4 is 50.7 Å². The molecule has 0 fully saturated rings. The highest BCUT2D eigenvalue weighted by atomic mass is 35.5. The third-order valence-electron chi connectivity index (χ3n) is 5.49. The number of nitrogens with zero attached hydrogens (tertiary/aromatic N) is 2. The fraction of sp³-hybridized carbons (Fsp3) is 0.200. The maximum Gasteiger partial charge on any atom is 0.264 e. The molecule has 0 aliphatic carbocycles. The normalized spacial score (nSPS) is 12.0. The van der Waals surface area contributed by atoms with Crippen LogP contribution in [-0.2, 0) is 26.2 Å². The molecule has 36 heavy (non-hydrogen) atoms. The van der Waals surface area contributed by atoms with Gasteiger partial charge in [0.1, 0.15) is 18.4 Å². The molecule has 0 radical (unpaired) electrons. The van der Waals surface area contributed by atoms with Gasteiger partial charge in [-0.15, -0.1) is 0 Å². The number of sulfonamides is 1. The standard InChI is InChI=1S/C25H24Cl2FN3O4S/c1-17(25(33)29-2)30(15-18-6-3-4-9-23(18)28)24(32)16-31(21-8-5-7-20(27)14-21)36(34,35)22-12-10-19(26)11-13-22/h3-14,17H,15-16H2,1-2H3,(H,29,33)/t17-/m1/s1. The van der Waals surface area contributed by atoms with E-state index >= 15 is 0 Å². The van der Waals surface area contributed by atoms with E-state index in [0.717, 1.165) is 9.21 Å². The van der Waals surface area contributed by atoms with Crippen LogP contribution in [0.25, 0.3) is 0 Å². The summed E-state index contributed by atoms with van der Waals surface area (Å²) in [5, 5.41) is 3.07. The van der Waals surface area contributed by atoms with Gasteiger partial charge in [-0.25, -0.2) is 12.8 Å². The zero-order valence-corrected chi connectivity index (χ0v) is 21.8. The number of rotatable bonds is 9. The number of nitrogens with one attached hydrogen (secondary N) is 1. The van der Waals surface area contributed by atoms with Gasteiger partial charge in [0.15, 0.2) is 0 Å². The molecule has 0 aliphatic rings. The SMILES string of the molecule is CNC(=O)[C@@H](C)N(Cc1ccccc1F)C(=O)CN(c1cccc(Cl)c1)S(=O)(=O)c1ccc(Cl)cc1. The van der Waals surface area contributed by atoms with E-state index in [2.05, 4.69) is 5.32 Å². The first-order valence-corrected chi connectivity index (χ1v) is 13.0. The van der Waals surface area contributed by atoms with Gasteiger partial charge in [-0.2, -0.15) is 0 Å². The molecule has 0 spiro atoms. The summed E-state index contributed by atoms with van der Waals surface area (Å²) in [5.74, 6) is -1.76. The average molecular weight is 552 g/mol. The molecular weight excluding hydrogens is 528 g/mol. The van der Waals surface area contributed by atoms with Crippen LogP contribution in [0.1, 0.15) is 12.5 Å². The lowest BCUT2D eigenvalue weighted by atomic mass is 10.1. The maximum absolute atomic E-state index is 14.4. The molecule has 0 aromatic heterocycles. The molecule has 2 amide bonds. The number of hydrogen-bond donors (Lipinski definition) is 1. The summed E-state index contributed by atoms with van der Waals surface area (Å²) in [4.78, 5) is 27.0. The van der Waals surface area contributed by atoms with E-state index in [4.69, 9.17) is 23.2 Å². The van der Waals surface area contributed by atoms with Crippen LogP contribution in [0.2, 0.25) is 10.0 Å². The van der Waals surface area contributed by atoms with E-state index in [0.29, 0.717) is 5.02 Å². The molecule has 3 aromatic rings. The summed E-state index contributed by atoms with van der Waals surface area (Å²) in [7, 11) is -2.84. The predicted octanol–water partition coefficient (Wildman–Crippen LogP) is 4.49. The fourth-order valence-electron chi connectivity index (χ4n) is 3.50. The Morgan fingerprint density at radius 1 is 0.972 bits per heavy atom. The van der Waals surface area contributed by atoms with Gasteiger partial charge in [0.05, 0.1) is 10.6 Å². The van der Waals surface area contributed by atoms with Crippen LogP contribution in [0.5, 0.6) is 0 Å². The fourth-order valence-corrected chi connectivity index (χ4v) is 5.21. The minimum atomic E-state index is -4.25. The maximum atomic E-state index is 14.4. The number of hydrogen-bond acceptors (Lipinski definition) is 4. The molecule has 1 N–H and O–H groups in total. The van der Waals surface area contributed by atoms with Gasteiger partial charge in [0, 0.05) is 29.2 Å². The van der Waals surface area contributed by atoms with E-state index in [-0.39, 0.29) is 27.7 Å². The molecule has 3 rings (SSSR count). The Morgan fingerprint density at radius 2 is 1.64 bits per heavy atom. The van der Waals surface area contributed by atoms with Crippen molar-refractivity contribution in [2.75, 3.05) is 17.9 Å². The Labute approximate surface area is 219 Å². The highest BCUT2D eigenvalue weighted by Crippen LogP contribution is 2.27. The van der Waals surface area contributed by atoms with Crippen LogP contribution in [0.4, 0.5) is 10.1 Å². The van der Waals surface area contributed by atoms with Gasteiger partial charge in [0.2, 0.25) is 11.8 Å². The zero-order chi connectivity index (χ0) is 26.5. The zero-order valence-electron chi connectivity index (χ0n) is 19.5. The Kier molecular flexibility index (Phi) is 8.94. The van der Waals surface area contributed by atoms with Crippen LogP contribution in [0.15, 0.2) is 77.7 Å². The first-order chi connectivity index (χ1) is 17.0. The molecule has 0 unspecified atom stereocenters. The summed E-state index contributed by atoms with van der Waals surface area (Å²) in [5.41, 5.74) is 0.320. The van der Waals surface area contributed by atoms with Crippen LogP contribution in [-0.4, -0.2) is 44.8 Å². The van der Waals surface area contributed by atoms with Crippen molar-refractivity contribution in [3.63, 3.8) is 0 Å². The number of amides is 2. The Morgan fingerprint density at radius 3 is 2.25 bits per heavy atom. The highest BCUT2D eigenvalue weighted by molar-refractivity contribution is 7.92. The van der Waals surface area contributed by atoms with Crippen LogP contribution < -0.4 is 9.62 Å². The van der Waals surface area contributed by atoms with Gasteiger partial charge >= 0.3 is 0 Å². The van der Waals surface area contributed by atoms with E-state index in [1.165, 1.54) is 68.6 Å². The summed E-state index contributed by atoms with van der Waals surface area (Å²) in [6.45, 7) is 0.570. The summed E-state index contributed by atoms with van der Waals surface area (Å²) in [6, 6.07) is 16.3. The van der Waals surface area contributed by atoms with Crippen LogP contribution >= 0.6 is 23.2 Å². The van der Waals surface area contributed by atoms with Crippen molar-refractivity contribution in [3.05, 3.63) is 94.2 Å². The number of halogens is 3. The van der Waals surface area contributed by atoms with Crippen molar-refractivity contribution in [1.29, 1.82) is 0 Å². The van der Waals surface area contributed by atoms with Gasteiger partial charge in [0.25, 0.3) is 10.0 Å². The summed E-state index contributed by atoms with van der Waals surface area (Å²) < 4.78 is 42.5. The third-order valence-corrected chi connectivity index (χ3v) is 7.76. The minimum Gasteiger partial charge on any atom is -0.357 e. The lowest BCUT2D eigenvalue weighted by Crippen LogP contribution is -2.50. The quantitative estimate of drug-likeness (QED) is 0.424. The molecule has 3 aromatic carbocycles. The lowest BCUT2D eigenvalue weighted by Gasteiger charge is -2.31. The largest absolute Gasteiger partial charge is 0.357 e. The lowest BCUT2D eigenvalue weighted by molar-refractivity contribution is -0.139. The van der Waals surface area contributed by atoms with Crippen molar-refractivity contribution in [2.24, 2.45) is 0 Å². The minimum absolute atomic E-state index is 0.0975. The summed E-state index contributed by atoms with van der Waals surface area (Å²) >= 11 is 12.0. The van der Waals surface area contributed by atoms with Gasteiger partial charge in [-0.1, -0.05) is 47.5 Å². The van der Waals surface area contributed by atoms with E-state index < -0.39 is 40.2 Å².